The molecule has 9 heteroatoms. The highest BCUT2D eigenvalue weighted by atomic mass is 35.5. The molecule has 222 valence electrons. The van der Waals surface area contributed by atoms with Gasteiger partial charge in [-0.2, -0.15) is 0 Å². The summed E-state index contributed by atoms with van der Waals surface area (Å²) in [6, 6.07) is 22.7. The zero-order valence-corrected chi connectivity index (χ0v) is 25.5. The third-order valence-electron chi connectivity index (χ3n) is 9.66. The number of rotatable bonds is 7. The van der Waals surface area contributed by atoms with Gasteiger partial charge in [0.15, 0.2) is 5.43 Å². The summed E-state index contributed by atoms with van der Waals surface area (Å²) in [4.78, 5) is 26.8. The number of carbonyl (C=O) groups is 1. The van der Waals surface area contributed by atoms with Gasteiger partial charge in [-0.15, -0.1) is 0 Å². The second-order valence-corrected chi connectivity index (χ2v) is 15.0. The van der Waals surface area contributed by atoms with Gasteiger partial charge in [0.05, 0.1) is 11.8 Å². The van der Waals surface area contributed by atoms with Crippen molar-refractivity contribution in [1.29, 1.82) is 0 Å². The van der Waals surface area contributed by atoms with E-state index >= 15 is 0 Å². The van der Waals surface area contributed by atoms with Crippen molar-refractivity contribution < 1.29 is 13.2 Å². The van der Waals surface area contributed by atoms with Crippen LogP contribution in [-0.4, -0.2) is 36.7 Å². The van der Waals surface area contributed by atoms with Crippen molar-refractivity contribution >= 4 is 38.4 Å². The van der Waals surface area contributed by atoms with Gasteiger partial charge in [-0.1, -0.05) is 41.9 Å². The first-order chi connectivity index (χ1) is 20.6. The zero-order chi connectivity index (χ0) is 29.9. The average molecular weight is 616 g/mol. The van der Waals surface area contributed by atoms with Crippen molar-refractivity contribution in [2.24, 2.45) is 17.8 Å². The summed E-state index contributed by atoms with van der Waals surface area (Å²) >= 11 is 6.29. The summed E-state index contributed by atoms with van der Waals surface area (Å²) in [6.45, 7) is 0. The van der Waals surface area contributed by atoms with Crippen LogP contribution < -0.4 is 15.5 Å². The number of benzene rings is 3. The average Bonchev–Trinajstić information content (AvgIpc) is 2.95. The van der Waals surface area contributed by atoms with Gasteiger partial charge < -0.3 is 9.88 Å². The van der Waals surface area contributed by atoms with Crippen LogP contribution in [0.2, 0.25) is 5.02 Å². The summed E-state index contributed by atoms with van der Waals surface area (Å²) in [7, 11) is -3.29. The highest BCUT2D eigenvalue weighted by Gasteiger charge is 2.56. The third-order valence-corrected chi connectivity index (χ3v) is 10.7. The lowest BCUT2D eigenvalue weighted by Crippen LogP contribution is -2.66. The molecule has 4 aliphatic rings. The molecule has 7 nitrogen and oxygen atoms in total. The second-order valence-electron chi connectivity index (χ2n) is 12.8. The smallest absolute Gasteiger partial charge is 0.251 e. The summed E-state index contributed by atoms with van der Waals surface area (Å²) in [5.41, 5.74) is 3.46. The maximum Gasteiger partial charge on any atom is 0.251 e. The molecule has 8 rings (SSSR count). The Morgan fingerprint density at radius 3 is 2.35 bits per heavy atom. The molecule has 1 aromatic heterocycles. The molecule has 4 bridgehead atoms. The van der Waals surface area contributed by atoms with E-state index in [1.165, 1.54) is 6.26 Å². The van der Waals surface area contributed by atoms with Crippen molar-refractivity contribution in [3.63, 3.8) is 0 Å². The van der Waals surface area contributed by atoms with Gasteiger partial charge in [-0.05, 0) is 97.9 Å². The molecule has 3 aromatic carbocycles. The Morgan fingerprint density at radius 2 is 1.67 bits per heavy atom. The van der Waals surface area contributed by atoms with E-state index in [0.717, 1.165) is 48.9 Å². The normalized spacial score (nSPS) is 26.1. The van der Waals surface area contributed by atoms with Crippen LogP contribution in [0, 0.1) is 17.8 Å². The molecular weight excluding hydrogens is 582 g/mol. The van der Waals surface area contributed by atoms with Crippen LogP contribution in [0.4, 0.5) is 0 Å². The predicted octanol–water partition coefficient (Wildman–Crippen LogP) is 5.46. The van der Waals surface area contributed by atoms with Gasteiger partial charge in [0.25, 0.3) is 5.91 Å². The van der Waals surface area contributed by atoms with Crippen LogP contribution in [0.1, 0.15) is 53.6 Å². The number of halogens is 1. The molecule has 4 saturated carbocycles. The van der Waals surface area contributed by atoms with E-state index < -0.39 is 10.0 Å². The topological polar surface area (TPSA) is 97.3 Å². The minimum absolute atomic E-state index is 0.0364. The monoisotopic (exact) mass is 615 g/mol. The number of sulfonamides is 1. The Kier molecular flexibility index (Phi) is 6.99. The summed E-state index contributed by atoms with van der Waals surface area (Å²) < 4.78 is 29.1. The molecule has 4 aliphatic carbocycles. The molecule has 0 radical (unpaired) electrons. The minimum atomic E-state index is -3.29. The highest BCUT2D eigenvalue weighted by molar-refractivity contribution is 7.88. The zero-order valence-electron chi connectivity index (χ0n) is 23.9. The van der Waals surface area contributed by atoms with Crippen molar-refractivity contribution in [2.45, 2.75) is 50.1 Å². The molecule has 1 amide bonds. The van der Waals surface area contributed by atoms with Crippen LogP contribution in [0.3, 0.4) is 0 Å². The quantitative estimate of drug-likeness (QED) is 0.288. The summed E-state index contributed by atoms with van der Waals surface area (Å²) in [5.74, 6) is 0.956. The Hall–Kier alpha value is -3.46. The Bertz CT molecular complexity index is 1870. The highest BCUT2D eigenvalue weighted by Crippen LogP contribution is 2.56. The van der Waals surface area contributed by atoms with Crippen LogP contribution in [-0.2, 0) is 16.4 Å². The van der Waals surface area contributed by atoms with Gasteiger partial charge in [0.1, 0.15) is 0 Å². The van der Waals surface area contributed by atoms with Gasteiger partial charge in [-0.25, -0.2) is 13.1 Å². The van der Waals surface area contributed by atoms with Crippen molar-refractivity contribution in [3.05, 3.63) is 111 Å². The van der Waals surface area contributed by atoms with Crippen LogP contribution in [0.15, 0.2) is 83.8 Å². The molecular formula is C34H34ClN3O4S. The molecule has 3 unspecified atom stereocenters. The molecule has 4 fully saturated rings. The van der Waals surface area contributed by atoms with Crippen molar-refractivity contribution in [1.82, 2.24) is 14.6 Å². The number of pyridine rings is 1. The van der Waals surface area contributed by atoms with Crippen LogP contribution in [0.25, 0.3) is 16.6 Å². The minimum Gasteiger partial charge on any atom is -0.349 e. The third kappa shape index (κ3) is 5.52. The fourth-order valence-corrected chi connectivity index (χ4v) is 9.49. The molecule has 2 N–H and O–H groups in total. The summed E-state index contributed by atoms with van der Waals surface area (Å²) in [5, 5.41) is 4.48. The fourth-order valence-electron chi connectivity index (χ4n) is 8.29. The Morgan fingerprint density at radius 1 is 0.977 bits per heavy atom. The van der Waals surface area contributed by atoms with E-state index in [0.29, 0.717) is 33.9 Å². The van der Waals surface area contributed by atoms with E-state index in [1.54, 1.807) is 12.1 Å². The Labute approximate surface area is 256 Å². The lowest BCUT2D eigenvalue weighted by atomic mass is 9.51. The number of fused-ring (bicyclic) bond motifs is 1. The number of hydrogen-bond acceptors (Lipinski definition) is 4. The van der Waals surface area contributed by atoms with E-state index in [1.807, 2.05) is 71.4 Å². The number of carbonyl (C=O) groups excluding carboxylic acids is 1. The first-order valence-corrected chi connectivity index (χ1v) is 17.1. The van der Waals surface area contributed by atoms with E-state index in [-0.39, 0.29) is 34.8 Å². The molecule has 43 heavy (non-hydrogen) atoms. The molecule has 0 spiro atoms. The predicted molar refractivity (Wildman–Crippen MR) is 169 cm³/mol. The maximum absolute atomic E-state index is 13.5. The fraction of sp³-hybridized carbons (Fsp3) is 0.353. The lowest BCUT2D eigenvalue weighted by Gasteiger charge is -2.59. The molecule has 0 aliphatic heterocycles. The largest absolute Gasteiger partial charge is 0.349 e. The first-order valence-electron chi connectivity index (χ1n) is 14.8. The number of para-hydroxylation sites is 1. The number of nitrogens with zero attached hydrogens (tertiary/aromatic N) is 1. The van der Waals surface area contributed by atoms with Crippen LogP contribution in [0.5, 0.6) is 0 Å². The molecule has 1 heterocycles. The van der Waals surface area contributed by atoms with Gasteiger partial charge in [0, 0.05) is 51.4 Å². The van der Waals surface area contributed by atoms with E-state index in [9.17, 15) is 18.0 Å². The lowest BCUT2D eigenvalue weighted by molar-refractivity contribution is -0.0347. The molecule has 4 aromatic rings. The van der Waals surface area contributed by atoms with Crippen LogP contribution >= 0.6 is 11.6 Å². The number of nitrogens with one attached hydrogen (secondary N) is 2. The van der Waals surface area contributed by atoms with Gasteiger partial charge in [0.2, 0.25) is 10.0 Å². The summed E-state index contributed by atoms with van der Waals surface area (Å²) in [6.07, 6.45) is 8.06. The maximum atomic E-state index is 13.5. The molecule has 5 atom stereocenters. The van der Waals surface area contributed by atoms with Gasteiger partial charge >= 0.3 is 0 Å². The SMILES string of the molecule is CS(=O)(=O)NC12CC3C[C@H](C1)C(NC(=O)c1ccc(Cc4cn(-c5ccccc5)c5cc(Cl)ccc5c4=O)cc1)[C@@H](C3)C2. The standard InChI is InChI=1S/C34H34ClN3O4S/c1-43(41,42)37-34-17-22-14-24(18-34)31(25(15-22)19-34)36-33(40)23-9-7-21(8-10-23)13-26-20-38(28-5-3-2-4-6-28)30-16-27(35)11-12-29(30)32(26)39/h2-12,16,20,22,24-25,31,37H,13-15,17-19H2,1H3,(H,36,40)/t22?,24-,25+,31?,34?. The number of aromatic nitrogens is 1. The number of hydrogen-bond donors (Lipinski definition) is 2. The van der Waals surface area contributed by atoms with Crippen molar-refractivity contribution in [3.8, 4) is 5.69 Å². The first kappa shape index (κ1) is 28.3. The molecule has 0 saturated heterocycles. The van der Waals surface area contributed by atoms with E-state index in [2.05, 4.69) is 10.0 Å². The van der Waals surface area contributed by atoms with E-state index in [4.69, 9.17) is 11.6 Å². The number of amides is 1. The Balaban J connectivity index is 1.09. The second kappa shape index (κ2) is 10.6. The van der Waals surface area contributed by atoms with Gasteiger partial charge in [-0.3, -0.25) is 9.59 Å². The van der Waals surface area contributed by atoms with Crippen molar-refractivity contribution in [2.75, 3.05) is 6.26 Å².